The van der Waals surface area contributed by atoms with E-state index < -0.39 is 0 Å². The van der Waals surface area contributed by atoms with E-state index in [9.17, 15) is 4.79 Å². The van der Waals surface area contributed by atoms with Crippen molar-refractivity contribution in [2.45, 2.75) is 13.5 Å². The number of hydrogen-bond acceptors (Lipinski definition) is 3. The Balaban J connectivity index is 2.41. The summed E-state index contributed by atoms with van der Waals surface area (Å²) in [5.74, 6) is 0.476. The molecule has 0 saturated carbocycles. The zero-order valence-corrected chi connectivity index (χ0v) is 10.5. The maximum absolute atomic E-state index is 12.1. The van der Waals surface area contributed by atoms with Crippen molar-refractivity contribution in [3.05, 3.63) is 39.0 Å². The number of aromatic nitrogens is 2. The number of aryl methyl sites for hydroxylation is 1. The van der Waals surface area contributed by atoms with Crippen LogP contribution in [0.25, 0.3) is 0 Å². The molecule has 0 amide bonds. The predicted molar refractivity (Wildman–Crippen MR) is 63.4 cm³/mol. The molecule has 78 valence electrons. The van der Waals surface area contributed by atoms with Crippen molar-refractivity contribution >= 4 is 33.0 Å². The molecule has 0 bridgehead atoms. The molecule has 5 heteroatoms. The second-order valence-corrected chi connectivity index (χ2v) is 4.73. The Labute approximate surface area is 99.9 Å². The van der Waals surface area contributed by atoms with Gasteiger partial charge < -0.3 is 4.57 Å². The summed E-state index contributed by atoms with van der Waals surface area (Å²) in [7, 11) is 0. The molecule has 15 heavy (non-hydrogen) atoms. The topological polar surface area (TPSA) is 34.9 Å². The van der Waals surface area contributed by atoms with E-state index in [4.69, 9.17) is 0 Å². The number of nitrogens with zero attached hydrogens (tertiary/aromatic N) is 2. The zero-order valence-electron chi connectivity index (χ0n) is 8.11. The van der Waals surface area contributed by atoms with E-state index in [1.165, 1.54) is 11.3 Å². The molecule has 2 heterocycles. The summed E-state index contributed by atoms with van der Waals surface area (Å²) in [6.07, 6.45) is 3.47. The second kappa shape index (κ2) is 4.28. The van der Waals surface area contributed by atoms with Gasteiger partial charge in [-0.05, 0) is 34.3 Å². The molecule has 0 N–H and O–H groups in total. The van der Waals surface area contributed by atoms with Crippen LogP contribution < -0.4 is 0 Å². The van der Waals surface area contributed by atoms with Gasteiger partial charge in [0, 0.05) is 23.4 Å². The van der Waals surface area contributed by atoms with Crippen molar-refractivity contribution < 1.29 is 4.79 Å². The van der Waals surface area contributed by atoms with Gasteiger partial charge in [-0.2, -0.15) is 0 Å². The molecule has 0 aliphatic rings. The second-order valence-electron chi connectivity index (χ2n) is 2.96. The number of ketones is 1. The summed E-state index contributed by atoms with van der Waals surface area (Å²) in [5.41, 5.74) is 0. The van der Waals surface area contributed by atoms with Crippen LogP contribution in [-0.4, -0.2) is 15.3 Å². The number of hydrogen-bond donors (Lipinski definition) is 0. The molecule has 2 aromatic rings. The molecule has 0 saturated heterocycles. The Hall–Kier alpha value is -0.940. The molecule has 0 unspecified atom stereocenters. The Kier molecular flexibility index (Phi) is 3.02. The average molecular weight is 285 g/mol. The maximum atomic E-state index is 12.1. The first-order valence-corrected chi connectivity index (χ1v) is 6.20. The summed E-state index contributed by atoms with van der Waals surface area (Å²) in [6.45, 7) is 2.74. The molecular weight excluding hydrogens is 276 g/mol. The number of carbonyl (C=O) groups excluding carboxylic acids is 1. The number of thiophene rings is 1. The Bertz CT molecular complexity index is 489. The fourth-order valence-corrected chi connectivity index (χ4v) is 2.82. The van der Waals surface area contributed by atoms with Crippen molar-refractivity contribution in [3.8, 4) is 0 Å². The SMILES string of the molecule is CCn1ccnc1C(=O)c1sccc1Br. The summed E-state index contributed by atoms with van der Waals surface area (Å²) in [6, 6.07) is 1.87. The minimum absolute atomic E-state index is 0.0243. The highest BCUT2D eigenvalue weighted by atomic mass is 79.9. The molecule has 2 rings (SSSR count). The number of rotatable bonds is 3. The first-order valence-electron chi connectivity index (χ1n) is 4.53. The van der Waals surface area contributed by atoms with Gasteiger partial charge in [-0.3, -0.25) is 4.79 Å². The first-order chi connectivity index (χ1) is 7.24. The Morgan fingerprint density at radius 3 is 3.07 bits per heavy atom. The van der Waals surface area contributed by atoms with E-state index in [-0.39, 0.29) is 5.78 Å². The fraction of sp³-hybridized carbons (Fsp3) is 0.200. The largest absolute Gasteiger partial charge is 0.328 e. The lowest BCUT2D eigenvalue weighted by molar-refractivity contribution is 0.102. The quantitative estimate of drug-likeness (QED) is 0.813. The maximum Gasteiger partial charge on any atom is 0.239 e. The van der Waals surface area contributed by atoms with Gasteiger partial charge in [-0.25, -0.2) is 4.98 Å². The van der Waals surface area contributed by atoms with Crippen LogP contribution in [0.1, 0.15) is 22.4 Å². The fourth-order valence-electron chi connectivity index (χ4n) is 1.33. The van der Waals surface area contributed by atoms with E-state index in [0.29, 0.717) is 10.7 Å². The van der Waals surface area contributed by atoms with E-state index in [1.807, 2.05) is 29.1 Å². The molecule has 0 spiro atoms. The summed E-state index contributed by atoms with van der Waals surface area (Å²) in [5, 5.41) is 1.89. The Morgan fingerprint density at radius 1 is 1.67 bits per heavy atom. The van der Waals surface area contributed by atoms with E-state index >= 15 is 0 Å². The minimum atomic E-state index is -0.0243. The van der Waals surface area contributed by atoms with Crippen LogP contribution in [0.5, 0.6) is 0 Å². The highest BCUT2D eigenvalue weighted by Gasteiger charge is 2.18. The van der Waals surface area contributed by atoms with Gasteiger partial charge in [0.15, 0.2) is 5.82 Å². The normalized spacial score (nSPS) is 10.5. The third-order valence-electron chi connectivity index (χ3n) is 2.08. The van der Waals surface area contributed by atoms with Crippen LogP contribution in [0.2, 0.25) is 0 Å². The number of imidazole rings is 1. The average Bonchev–Trinajstić information content (AvgIpc) is 2.84. The van der Waals surface area contributed by atoms with Gasteiger partial charge in [0.05, 0.1) is 4.88 Å². The smallest absolute Gasteiger partial charge is 0.239 e. The molecule has 0 aliphatic carbocycles. The van der Waals surface area contributed by atoms with Crippen molar-refractivity contribution in [2.75, 3.05) is 0 Å². The van der Waals surface area contributed by atoms with Gasteiger partial charge in [0.25, 0.3) is 0 Å². The van der Waals surface area contributed by atoms with Crippen LogP contribution in [0.15, 0.2) is 28.3 Å². The van der Waals surface area contributed by atoms with Crippen molar-refractivity contribution in [1.29, 1.82) is 0 Å². The van der Waals surface area contributed by atoms with Gasteiger partial charge in [0.1, 0.15) is 0 Å². The number of carbonyl (C=O) groups is 1. The summed E-state index contributed by atoms with van der Waals surface area (Å²) in [4.78, 5) is 16.9. The minimum Gasteiger partial charge on any atom is -0.328 e. The lowest BCUT2D eigenvalue weighted by atomic mass is 10.3. The molecule has 0 aromatic carbocycles. The summed E-state index contributed by atoms with van der Waals surface area (Å²) >= 11 is 4.78. The molecule has 0 fully saturated rings. The van der Waals surface area contributed by atoms with Gasteiger partial charge in [-0.1, -0.05) is 0 Å². The van der Waals surface area contributed by atoms with E-state index in [1.54, 1.807) is 6.20 Å². The van der Waals surface area contributed by atoms with Crippen LogP contribution in [0, 0.1) is 0 Å². The highest BCUT2D eigenvalue weighted by molar-refractivity contribution is 9.10. The van der Waals surface area contributed by atoms with Crippen molar-refractivity contribution in [2.24, 2.45) is 0 Å². The molecule has 3 nitrogen and oxygen atoms in total. The molecule has 0 aliphatic heterocycles. The van der Waals surface area contributed by atoms with Crippen LogP contribution >= 0.6 is 27.3 Å². The highest BCUT2D eigenvalue weighted by Crippen LogP contribution is 2.24. The lowest BCUT2D eigenvalue weighted by Gasteiger charge is -2.02. The van der Waals surface area contributed by atoms with Crippen molar-refractivity contribution in [3.63, 3.8) is 0 Å². The van der Waals surface area contributed by atoms with Crippen molar-refractivity contribution in [1.82, 2.24) is 9.55 Å². The van der Waals surface area contributed by atoms with Gasteiger partial charge in [-0.15, -0.1) is 11.3 Å². The Morgan fingerprint density at radius 2 is 2.47 bits per heavy atom. The first kappa shape index (κ1) is 10.6. The van der Waals surface area contributed by atoms with E-state index in [2.05, 4.69) is 20.9 Å². The van der Waals surface area contributed by atoms with Gasteiger partial charge >= 0.3 is 0 Å². The third-order valence-corrected chi connectivity index (χ3v) is 3.92. The molecular formula is C10H9BrN2OS. The summed E-state index contributed by atoms with van der Waals surface area (Å²) < 4.78 is 2.68. The lowest BCUT2D eigenvalue weighted by Crippen LogP contribution is -2.09. The molecule has 0 atom stereocenters. The van der Waals surface area contributed by atoms with Crippen LogP contribution in [-0.2, 0) is 6.54 Å². The third kappa shape index (κ3) is 1.89. The zero-order chi connectivity index (χ0) is 10.8. The standard InChI is InChI=1S/C10H9BrN2OS/c1-2-13-5-4-12-10(13)8(14)9-7(11)3-6-15-9/h3-6H,2H2,1H3. The van der Waals surface area contributed by atoms with Gasteiger partial charge in [0.2, 0.25) is 5.78 Å². The molecule has 0 radical (unpaired) electrons. The van der Waals surface area contributed by atoms with Crippen LogP contribution in [0.4, 0.5) is 0 Å². The van der Waals surface area contributed by atoms with Crippen LogP contribution in [0.3, 0.4) is 0 Å². The number of halogens is 1. The monoisotopic (exact) mass is 284 g/mol. The van der Waals surface area contributed by atoms with E-state index in [0.717, 1.165) is 11.0 Å². The molecule has 2 aromatic heterocycles. The predicted octanol–water partition coefficient (Wildman–Crippen LogP) is 2.96.